The maximum atomic E-state index is 12.6. The summed E-state index contributed by atoms with van der Waals surface area (Å²) < 4.78 is 39.5. The third-order valence-corrected chi connectivity index (χ3v) is 3.99. The Morgan fingerprint density at radius 1 is 1.25 bits per heavy atom. The second-order valence-electron chi connectivity index (χ2n) is 5.68. The van der Waals surface area contributed by atoms with Crippen LogP contribution in [-0.4, -0.2) is 15.7 Å². The van der Waals surface area contributed by atoms with Crippen molar-refractivity contribution in [2.75, 3.05) is 0 Å². The lowest BCUT2D eigenvalue weighted by Gasteiger charge is -2.16. The highest BCUT2D eigenvalue weighted by Crippen LogP contribution is 2.30. The molecule has 24 heavy (non-hydrogen) atoms. The van der Waals surface area contributed by atoms with Gasteiger partial charge in [0.15, 0.2) is 0 Å². The molecule has 0 radical (unpaired) electrons. The van der Waals surface area contributed by atoms with Gasteiger partial charge in [-0.3, -0.25) is 9.48 Å². The third-order valence-electron chi connectivity index (χ3n) is 3.99. The average Bonchev–Trinajstić information content (AvgIpc) is 2.80. The molecule has 1 N–H and O–H groups in total. The number of nitrogens with zero attached hydrogens (tertiary/aromatic N) is 2. The van der Waals surface area contributed by atoms with Crippen molar-refractivity contribution in [3.8, 4) is 0 Å². The molecule has 1 aromatic carbocycles. The summed E-state index contributed by atoms with van der Waals surface area (Å²) in [6.07, 6.45) is -4.37. The van der Waals surface area contributed by atoms with Crippen LogP contribution < -0.4 is 5.32 Å². The van der Waals surface area contributed by atoms with Gasteiger partial charge in [0.2, 0.25) is 0 Å². The van der Waals surface area contributed by atoms with Crippen molar-refractivity contribution in [3.63, 3.8) is 0 Å². The summed E-state index contributed by atoms with van der Waals surface area (Å²) in [5, 5.41) is 7.12. The largest absolute Gasteiger partial charge is 0.416 e. The number of hydrogen-bond donors (Lipinski definition) is 1. The van der Waals surface area contributed by atoms with Crippen molar-refractivity contribution < 1.29 is 18.0 Å². The lowest BCUT2D eigenvalue weighted by atomic mass is 10.0. The Morgan fingerprint density at radius 3 is 2.29 bits per heavy atom. The minimum atomic E-state index is -4.37. The van der Waals surface area contributed by atoms with E-state index in [4.69, 9.17) is 0 Å². The first-order chi connectivity index (χ1) is 11.1. The van der Waals surface area contributed by atoms with Gasteiger partial charge in [0.05, 0.1) is 22.9 Å². The van der Waals surface area contributed by atoms with E-state index in [1.807, 2.05) is 13.8 Å². The standard InChI is InChI=1S/C17H20F3N3O/c1-5-23-12(4)15(11(3)22-23)16(24)21-10(2)13-6-8-14(9-7-13)17(18,19)20/h6-10H,5H2,1-4H3,(H,21,24)/t10-/m0/s1. The van der Waals surface area contributed by atoms with Gasteiger partial charge in [0, 0.05) is 12.2 Å². The Labute approximate surface area is 138 Å². The first-order valence-corrected chi connectivity index (χ1v) is 7.67. The van der Waals surface area contributed by atoms with E-state index in [1.165, 1.54) is 12.1 Å². The molecule has 7 heteroatoms. The number of carbonyl (C=O) groups excluding carboxylic acids is 1. The summed E-state index contributed by atoms with van der Waals surface area (Å²) in [7, 11) is 0. The maximum absolute atomic E-state index is 12.6. The molecule has 0 bridgehead atoms. The van der Waals surface area contributed by atoms with Crippen LogP contribution in [-0.2, 0) is 12.7 Å². The van der Waals surface area contributed by atoms with Crippen LogP contribution in [0.1, 0.15) is 52.8 Å². The summed E-state index contributed by atoms with van der Waals surface area (Å²) in [4.78, 5) is 12.5. The molecule has 1 heterocycles. The molecule has 0 aliphatic heterocycles. The first kappa shape index (κ1) is 18.0. The van der Waals surface area contributed by atoms with E-state index < -0.39 is 17.8 Å². The molecule has 2 rings (SSSR count). The van der Waals surface area contributed by atoms with E-state index in [0.717, 1.165) is 17.8 Å². The molecule has 130 valence electrons. The van der Waals surface area contributed by atoms with Crippen molar-refractivity contribution >= 4 is 5.91 Å². The smallest absolute Gasteiger partial charge is 0.345 e. The minimum Gasteiger partial charge on any atom is -0.345 e. The summed E-state index contributed by atoms with van der Waals surface area (Å²) in [5.74, 6) is -0.280. The predicted octanol–water partition coefficient (Wildman–Crippen LogP) is 4.03. The number of alkyl halides is 3. The Hall–Kier alpha value is -2.31. The van der Waals surface area contributed by atoms with Gasteiger partial charge in [0.25, 0.3) is 5.91 Å². The topological polar surface area (TPSA) is 46.9 Å². The summed E-state index contributed by atoms with van der Waals surface area (Å²) in [5.41, 5.74) is 1.81. The fraction of sp³-hybridized carbons (Fsp3) is 0.412. The van der Waals surface area contributed by atoms with E-state index in [0.29, 0.717) is 23.4 Å². The van der Waals surface area contributed by atoms with Gasteiger partial charge in [-0.05, 0) is 45.4 Å². The quantitative estimate of drug-likeness (QED) is 0.914. The lowest BCUT2D eigenvalue weighted by molar-refractivity contribution is -0.137. The SMILES string of the molecule is CCn1nc(C)c(C(=O)N[C@@H](C)c2ccc(C(F)(F)F)cc2)c1C. The average molecular weight is 339 g/mol. The van der Waals surface area contributed by atoms with Crippen molar-refractivity contribution in [1.82, 2.24) is 15.1 Å². The molecule has 0 aliphatic carbocycles. The highest BCUT2D eigenvalue weighted by atomic mass is 19.4. The van der Waals surface area contributed by atoms with Crippen molar-refractivity contribution in [2.24, 2.45) is 0 Å². The van der Waals surface area contributed by atoms with E-state index >= 15 is 0 Å². The van der Waals surface area contributed by atoms with Crippen LogP contribution in [0.15, 0.2) is 24.3 Å². The molecule has 2 aromatic rings. The molecule has 0 unspecified atom stereocenters. The molecular formula is C17H20F3N3O. The maximum Gasteiger partial charge on any atom is 0.416 e. The number of nitrogens with one attached hydrogen (secondary N) is 1. The van der Waals surface area contributed by atoms with Crippen LogP contribution in [0, 0.1) is 13.8 Å². The van der Waals surface area contributed by atoms with Crippen LogP contribution in [0.25, 0.3) is 0 Å². The molecule has 4 nitrogen and oxygen atoms in total. The number of aromatic nitrogens is 2. The number of halogens is 3. The van der Waals surface area contributed by atoms with E-state index in [2.05, 4.69) is 10.4 Å². The van der Waals surface area contributed by atoms with Gasteiger partial charge in [-0.25, -0.2) is 0 Å². The second kappa shape index (κ2) is 6.67. The second-order valence-corrected chi connectivity index (χ2v) is 5.68. The number of aryl methyl sites for hydroxylation is 2. The summed E-state index contributed by atoms with van der Waals surface area (Å²) in [6, 6.07) is 4.38. The van der Waals surface area contributed by atoms with Crippen LogP contribution >= 0.6 is 0 Å². The first-order valence-electron chi connectivity index (χ1n) is 7.67. The van der Waals surface area contributed by atoms with E-state index in [9.17, 15) is 18.0 Å². The van der Waals surface area contributed by atoms with Gasteiger partial charge >= 0.3 is 6.18 Å². The van der Waals surface area contributed by atoms with Gasteiger partial charge < -0.3 is 5.32 Å². The van der Waals surface area contributed by atoms with Gasteiger partial charge in [0.1, 0.15) is 0 Å². The monoisotopic (exact) mass is 339 g/mol. The van der Waals surface area contributed by atoms with Gasteiger partial charge in [-0.1, -0.05) is 12.1 Å². The molecule has 0 fully saturated rings. The number of carbonyl (C=O) groups is 1. The lowest BCUT2D eigenvalue weighted by Crippen LogP contribution is -2.27. The number of hydrogen-bond acceptors (Lipinski definition) is 2. The normalized spacial score (nSPS) is 13.0. The van der Waals surface area contributed by atoms with E-state index in [1.54, 1.807) is 18.5 Å². The molecule has 0 aliphatic rings. The molecule has 0 spiro atoms. The molecule has 0 saturated carbocycles. The van der Waals surface area contributed by atoms with Crippen LogP contribution in [0.5, 0.6) is 0 Å². The Kier molecular flexibility index (Phi) is 5.01. The van der Waals surface area contributed by atoms with Crippen LogP contribution in [0.2, 0.25) is 0 Å². The molecule has 1 aromatic heterocycles. The molecule has 1 atom stereocenters. The van der Waals surface area contributed by atoms with Gasteiger partial charge in [-0.2, -0.15) is 18.3 Å². The predicted molar refractivity (Wildman–Crippen MR) is 84.7 cm³/mol. The highest BCUT2D eigenvalue weighted by Gasteiger charge is 2.30. The zero-order valence-corrected chi connectivity index (χ0v) is 14.0. The van der Waals surface area contributed by atoms with Gasteiger partial charge in [-0.15, -0.1) is 0 Å². The summed E-state index contributed by atoms with van der Waals surface area (Å²) in [6.45, 7) is 7.91. The number of amides is 1. The van der Waals surface area contributed by atoms with Crippen molar-refractivity contribution in [1.29, 1.82) is 0 Å². The molecule has 0 saturated heterocycles. The van der Waals surface area contributed by atoms with E-state index in [-0.39, 0.29) is 5.91 Å². The fourth-order valence-corrected chi connectivity index (χ4v) is 2.65. The Bertz CT molecular complexity index is 733. The Balaban J connectivity index is 2.16. The van der Waals surface area contributed by atoms with Crippen LogP contribution in [0.3, 0.4) is 0 Å². The van der Waals surface area contributed by atoms with Crippen LogP contribution in [0.4, 0.5) is 13.2 Å². The number of benzene rings is 1. The fourth-order valence-electron chi connectivity index (χ4n) is 2.65. The third kappa shape index (κ3) is 3.60. The molecule has 1 amide bonds. The van der Waals surface area contributed by atoms with Crippen molar-refractivity contribution in [2.45, 2.75) is 46.5 Å². The molecular weight excluding hydrogens is 319 g/mol. The minimum absolute atomic E-state index is 0.280. The number of rotatable bonds is 4. The van der Waals surface area contributed by atoms with Crippen molar-refractivity contribution in [3.05, 3.63) is 52.3 Å². The summed E-state index contributed by atoms with van der Waals surface area (Å²) >= 11 is 0. The zero-order valence-electron chi connectivity index (χ0n) is 14.0. The highest BCUT2D eigenvalue weighted by molar-refractivity contribution is 5.96. The Morgan fingerprint density at radius 2 is 1.83 bits per heavy atom. The zero-order chi connectivity index (χ0) is 18.1.